The first-order valence-electron chi connectivity index (χ1n) is 20.2. The fourth-order valence-corrected chi connectivity index (χ4v) is 9.85. The molecule has 0 unspecified atom stereocenters. The summed E-state index contributed by atoms with van der Waals surface area (Å²) in [4.78, 5) is 15.5. The number of nitrogens with zero attached hydrogens (tertiary/aromatic N) is 4. The summed E-state index contributed by atoms with van der Waals surface area (Å²) in [7, 11) is 0. The summed E-state index contributed by atoms with van der Waals surface area (Å²) in [5.41, 5.74) is 10.7. The highest BCUT2D eigenvalue weighted by atomic mass is 32.1. The molecule has 280 valence electrons. The third kappa shape index (κ3) is 5.78. The maximum atomic E-state index is 5.23. The predicted octanol–water partition coefficient (Wildman–Crippen LogP) is 14.8. The van der Waals surface area contributed by atoms with Crippen molar-refractivity contribution in [1.29, 1.82) is 0 Å². The van der Waals surface area contributed by atoms with Crippen molar-refractivity contribution in [2.24, 2.45) is 0 Å². The van der Waals surface area contributed by atoms with Gasteiger partial charge in [0, 0.05) is 53.2 Å². The van der Waals surface area contributed by atoms with Crippen molar-refractivity contribution < 1.29 is 0 Å². The van der Waals surface area contributed by atoms with Crippen LogP contribution in [-0.4, -0.2) is 19.5 Å². The van der Waals surface area contributed by atoms with Gasteiger partial charge >= 0.3 is 0 Å². The molecule has 0 fully saturated rings. The van der Waals surface area contributed by atoms with Crippen molar-refractivity contribution in [3.8, 4) is 62.1 Å². The molecule has 0 aliphatic heterocycles. The van der Waals surface area contributed by atoms with Crippen LogP contribution >= 0.6 is 11.3 Å². The lowest BCUT2D eigenvalue weighted by Crippen LogP contribution is -2.02. The second kappa shape index (κ2) is 14.0. The SMILES string of the molecule is c1ccc(-c2nc(-c3ccc(-c4ccc5c(c4)sc4ccccc45)cc3)nc(-c3ccc(-c4ccccc4)c(-n4c5ccccc5c5cc6ccccc6cc54)c3)n2)cc1. The Morgan fingerprint density at radius 1 is 0.317 bits per heavy atom. The Morgan fingerprint density at radius 3 is 1.63 bits per heavy atom. The van der Waals surface area contributed by atoms with E-state index < -0.39 is 0 Å². The summed E-state index contributed by atoms with van der Waals surface area (Å²) in [5.74, 6) is 1.87. The Balaban J connectivity index is 1.03. The van der Waals surface area contributed by atoms with E-state index in [1.807, 2.05) is 29.5 Å². The molecule has 5 heteroatoms. The standard InChI is InChI=1S/C55H34N4S/c1-3-13-36(14-4-1)43-29-28-42(33-49(43)59-48-21-11-9-19-44(48)47-31-39-17-7-8-18-40(39)32-50(47)59)55-57-53(37-15-5-2-6-16-37)56-54(58-55)38-25-23-35(24-26-38)41-27-30-46-45-20-10-12-22-51(45)60-52(46)34-41/h1-34H. The second-order valence-electron chi connectivity index (χ2n) is 15.2. The van der Waals surface area contributed by atoms with Gasteiger partial charge in [0.05, 0.1) is 16.7 Å². The number of fused-ring (bicyclic) bond motifs is 7. The summed E-state index contributed by atoms with van der Waals surface area (Å²) in [6.45, 7) is 0. The molecule has 3 heterocycles. The van der Waals surface area contributed by atoms with E-state index in [0.29, 0.717) is 17.5 Å². The third-order valence-corrected chi connectivity index (χ3v) is 12.8. The molecule has 60 heavy (non-hydrogen) atoms. The molecule has 0 radical (unpaired) electrons. The van der Waals surface area contributed by atoms with Gasteiger partial charge in [0.15, 0.2) is 17.5 Å². The topological polar surface area (TPSA) is 43.6 Å². The molecule has 9 aromatic carbocycles. The van der Waals surface area contributed by atoms with Gasteiger partial charge in [-0.1, -0.05) is 170 Å². The molecule has 0 amide bonds. The van der Waals surface area contributed by atoms with Crippen LogP contribution in [0.1, 0.15) is 0 Å². The van der Waals surface area contributed by atoms with Crippen LogP contribution in [0.15, 0.2) is 206 Å². The van der Waals surface area contributed by atoms with E-state index in [2.05, 4.69) is 193 Å². The number of para-hydroxylation sites is 1. The first-order valence-corrected chi connectivity index (χ1v) is 21.0. The van der Waals surface area contributed by atoms with Crippen LogP contribution in [0.2, 0.25) is 0 Å². The number of aromatic nitrogens is 4. The molecule has 12 rings (SSSR count). The molecular formula is C55H34N4S. The maximum absolute atomic E-state index is 5.23. The molecule has 0 spiro atoms. The van der Waals surface area contributed by atoms with Crippen LogP contribution in [-0.2, 0) is 0 Å². The zero-order chi connectivity index (χ0) is 39.6. The van der Waals surface area contributed by atoms with Crippen molar-refractivity contribution in [2.45, 2.75) is 0 Å². The molecule has 12 aromatic rings. The zero-order valence-corrected chi connectivity index (χ0v) is 33.1. The summed E-state index contributed by atoms with van der Waals surface area (Å²) in [6, 6.07) is 73.4. The number of benzene rings is 9. The lowest BCUT2D eigenvalue weighted by Gasteiger charge is -2.16. The van der Waals surface area contributed by atoms with Crippen LogP contribution in [0.5, 0.6) is 0 Å². The van der Waals surface area contributed by atoms with Crippen molar-refractivity contribution in [1.82, 2.24) is 19.5 Å². The normalized spacial score (nSPS) is 11.7. The van der Waals surface area contributed by atoms with Gasteiger partial charge in [0.1, 0.15) is 0 Å². The maximum Gasteiger partial charge on any atom is 0.164 e. The van der Waals surface area contributed by atoms with Gasteiger partial charge in [-0.05, 0) is 63.9 Å². The summed E-state index contributed by atoms with van der Waals surface area (Å²) >= 11 is 1.84. The Bertz CT molecular complexity index is 3590. The fourth-order valence-electron chi connectivity index (χ4n) is 8.70. The van der Waals surface area contributed by atoms with Crippen molar-refractivity contribution in [3.63, 3.8) is 0 Å². The summed E-state index contributed by atoms with van der Waals surface area (Å²) < 4.78 is 5.02. The molecule has 0 aliphatic carbocycles. The van der Waals surface area contributed by atoms with E-state index >= 15 is 0 Å². The Kier molecular flexibility index (Phi) is 8.00. The molecule has 4 nitrogen and oxygen atoms in total. The average Bonchev–Trinajstić information content (AvgIpc) is 3.86. The minimum Gasteiger partial charge on any atom is -0.309 e. The van der Waals surface area contributed by atoms with Crippen molar-refractivity contribution >= 4 is 64.1 Å². The van der Waals surface area contributed by atoms with Gasteiger partial charge in [0.2, 0.25) is 0 Å². The molecule has 0 atom stereocenters. The van der Waals surface area contributed by atoms with Crippen LogP contribution in [0, 0.1) is 0 Å². The smallest absolute Gasteiger partial charge is 0.164 e. The minimum absolute atomic E-state index is 0.616. The monoisotopic (exact) mass is 782 g/mol. The van der Waals surface area contributed by atoms with Gasteiger partial charge in [0.25, 0.3) is 0 Å². The largest absolute Gasteiger partial charge is 0.309 e. The van der Waals surface area contributed by atoms with Gasteiger partial charge in [-0.2, -0.15) is 0 Å². The molecular weight excluding hydrogens is 749 g/mol. The third-order valence-electron chi connectivity index (χ3n) is 11.6. The van der Waals surface area contributed by atoms with Crippen molar-refractivity contribution in [2.75, 3.05) is 0 Å². The van der Waals surface area contributed by atoms with E-state index in [0.717, 1.165) is 50.1 Å². The van der Waals surface area contributed by atoms with E-state index in [1.54, 1.807) is 0 Å². The molecule has 0 aliphatic rings. The molecule has 0 saturated carbocycles. The highest BCUT2D eigenvalue weighted by Gasteiger charge is 2.20. The molecule has 0 saturated heterocycles. The van der Waals surface area contributed by atoms with Crippen LogP contribution < -0.4 is 0 Å². The number of hydrogen-bond acceptors (Lipinski definition) is 4. The van der Waals surface area contributed by atoms with E-state index in [1.165, 1.54) is 47.3 Å². The number of hydrogen-bond donors (Lipinski definition) is 0. The van der Waals surface area contributed by atoms with Crippen LogP contribution in [0.3, 0.4) is 0 Å². The zero-order valence-electron chi connectivity index (χ0n) is 32.3. The van der Waals surface area contributed by atoms with E-state index in [-0.39, 0.29) is 0 Å². The quantitative estimate of drug-likeness (QED) is 0.169. The minimum atomic E-state index is 0.616. The number of rotatable bonds is 6. The van der Waals surface area contributed by atoms with E-state index in [9.17, 15) is 0 Å². The van der Waals surface area contributed by atoms with Gasteiger partial charge in [-0.25, -0.2) is 15.0 Å². The van der Waals surface area contributed by atoms with Gasteiger partial charge in [-0.15, -0.1) is 11.3 Å². The lowest BCUT2D eigenvalue weighted by atomic mass is 10.00. The Morgan fingerprint density at radius 2 is 0.867 bits per heavy atom. The predicted molar refractivity (Wildman–Crippen MR) is 252 cm³/mol. The van der Waals surface area contributed by atoms with Gasteiger partial charge in [-0.3, -0.25) is 0 Å². The van der Waals surface area contributed by atoms with E-state index in [4.69, 9.17) is 15.0 Å². The summed E-state index contributed by atoms with van der Waals surface area (Å²) in [6.07, 6.45) is 0. The fraction of sp³-hybridized carbons (Fsp3) is 0. The van der Waals surface area contributed by atoms with Crippen LogP contribution in [0.25, 0.3) is 115 Å². The lowest BCUT2D eigenvalue weighted by molar-refractivity contribution is 1.07. The molecule has 0 N–H and O–H groups in total. The summed E-state index contributed by atoms with van der Waals surface area (Å²) in [5, 5.41) is 7.46. The first kappa shape index (κ1) is 34.3. The molecule has 3 aromatic heterocycles. The number of thiophene rings is 1. The Hall–Kier alpha value is -7.73. The average molecular weight is 783 g/mol. The van der Waals surface area contributed by atoms with Crippen molar-refractivity contribution in [3.05, 3.63) is 206 Å². The van der Waals surface area contributed by atoms with Crippen LogP contribution in [0.4, 0.5) is 0 Å². The molecule has 0 bridgehead atoms. The van der Waals surface area contributed by atoms with Gasteiger partial charge < -0.3 is 4.57 Å². The highest BCUT2D eigenvalue weighted by Crippen LogP contribution is 2.40. The Labute approximate surface area is 350 Å². The second-order valence-corrected chi connectivity index (χ2v) is 16.3. The first-order chi connectivity index (χ1) is 29.7. The highest BCUT2D eigenvalue weighted by molar-refractivity contribution is 7.25.